The number of nitrogens with one attached hydrogen (secondary N) is 2. The van der Waals surface area contributed by atoms with Crippen LogP contribution in [0.15, 0.2) is 43.0 Å². The number of imidazole rings is 1. The van der Waals surface area contributed by atoms with Crippen molar-refractivity contribution in [3.05, 3.63) is 48.5 Å². The zero-order chi connectivity index (χ0) is 25.0. The van der Waals surface area contributed by atoms with Crippen molar-refractivity contribution in [2.75, 3.05) is 18.5 Å². The fourth-order valence-corrected chi connectivity index (χ4v) is 4.30. The quantitative estimate of drug-likeness (QED) is 0.243. The third-order valence-corrected chi connectivity index (χ3v) is 6.28. The van der Waals surface area contributed by atoms with Crippen LogP contribution in [0.4, 0.5) is 10.2 Å². The molecule has 0 saturated carbocycles. The van der Waals surface area contributed by atoms with Gasteiger partial charge in [-0.15, -0.1) is 0 Å². The molecule has 35 heavy (non-hydrogen) atoms. The molecule has 4 N–H and O–H groups in total. The topological polar surface area (TPSA) is 185 Å². The zero-order valence-corrected chi connectivity index (χ0v) is 19.0. The Hall–Kier alpha value is -3.31. The van der Waals surface area contributed by atoms with E-state index in [0.717, 1.165) is 0 Å². The van der Waals surface area contributed by atoms with Crippen molar-refractivity contribution in [2.24, 2.45) is 0 Å². The van der Waals surface area contributed by atoms with E-state index in [-0.39, 0.29) is 30.0 Å². The second-order valence-corrected chi connectivity index (χ2v) is 9.11. The van der Waals surface area contributed by atoms with Crippen LogP contribution in [0.25, 0.3) is 11.2 Å². The van der Waals surface area contributed by atoms with Gasteiger partial charge in [0.1, 0.15) is 18.5 Å². The van der Waals surface area contributed by atoms with E-state index < -0.39 is 44.8 Å². The van der Waals surface area contributed by atoms with Crippen LogP contribution < -0.4 is 10.4 Å². The lowest BCUT2D eigenvalue weighted by atomic mass is 10.1. The molecule has 1 aromatic carbocycles. The normalized spacial score (nSPS) is 23.6. The van der Waals surface area contributed by atoms with Crippen LogP contribution in [0.2, 0.25) is 0 Å². The smallest absolute Gasteiger partial charge is 0.387 e. The van der Waals surface area contributed by atoms with Crippen LogP contribution in [-0.2, 0) is 13.8 Å². The molecule has 1 unspecified atom stereocenters. The number of aliphatic hydroxyl groups excluding tert-OH is 1. The minimum atomic E-state index is -4.28. The molecule has 0 bridgehead atoms. The number of nitriles is 1. The number of carbonyl (C=O) groups excluding carboxylic acids is 1. The van der Waals surface area contributed by atoms with E-state index in [9.17, 15) is 23.7 Å². The number of ether oxygens (including phenoxy) is 1. The molecule has 13 nitrogen and oxygen atoms in total. The van der Waals surface area contributed by atoms with Crippen molar-refractivity contribution < 1.29 is 33.0 Å². The van der Waals surface area contributed by atoms with E-state index in [4.69, 9.17) is 14.5 Å². The third kappa shape index (κ3) is 5.51. The first-order valence-electron chi connectivity index (χ1n) is 10.4. The molecule has 3 heterocycles. The van der Waals surface area contributed by atoms with E-state index in [1.54, 1.807) is 36.4 Å². The largest absolute Gasteiger partial charge is 0.403 e. The number of fused-ring (bicyclic) bond motifs is 1. The average Bonchev–Trinajstić information content (AvgIpc) is 3.40. The second-order valence-electron chi connectivity index (χ2n) is 7.49. The van der Waals surface area contributed by atoms with Gasteiger partial charge in [0.25, 0.3) is 5.91 Å². The molecule has 1 aliphatic heterocycles. The molecule has 3 aromatic rings. The highest BCUT2D eigenvalue weighted by Gasteiger charge is 2.46. The molecule has 1 saturated heterocycles. The van der Waals surface area contributed by atoms with Crippen molar-refractivity contribution in [1.29, 1.82) is 5.26 Å². The Morgan fingerprint density at radius 2 is 2.09 bits per heavy atom. The van der Waals surface area contributed by atoms with Crippen LogP contribution in [0.5, 0.6) is 0 Å². The number of alkyl halides is 1. The Labute approximate surface area is 198 Å². The van der Waals surface area contributed by atoms with Crippen molar-refractivity contribution in [3.8, 4) is 6.07 Å². The van der Waals surface area contributed by atoms with Gasteiger partial charge in [0.05, 0.1) is 25.4 Å². The van der Waals surface area contributed by atoms with E-state index in [2.05, 4.69) is 25.4 Å². The van der Waals surface area contributed by atoms with Gasteiger partial charge < -0.3 is 20.1 Å². The molecule has 0 spiro atoms. The summed E-state index contributed by atoms with van der Waals surface area (Å²) in [6.07, 6.45) is -3.80. The van der Waals surface area contributed by atoms with E-state index in [1.165, 1.54) is 17.2 Å². The van der Waals surface area contributed by atoms with Gasteiger partial charge >= 0.3 is 7.75 Å². The van der Waals surface area contributed by atoms with E-state index >= 15 is 0 Å². The number of carbonyl (C=O) groups is 1. The van der Waals surface area contributed by atoms with Gasteiger partial charge in [-0.3, -0.25) is 13.9 Å². The minimum absolute atomic E-state index is 0.0905. The fourth-order valence-electron chi connectivity index (χ4n) is 3.46. The lowest BCUT2D eigenvalue weighted by Crippen LogP contribution is -2.35. The molecule has 0 radical (unpaired) electrons. The number of amides is 1. The highest BCUT2D eigenvalue weighted by atomic mass is 31.2. The maximum atomic E-state index is 15.0. The molecule has 1 aliphatic rings. The Kier molecular flexibility index (Phi) is 7.46. The summed E-state index contributed by atoms with van der Waals surface area (Å²) >= 11 is 0. The summed E-state index contributed by atoms with van der Waals surface area (Å²) in [5.74, 6) is -0.321. The maximum Gasteiger partial charge on any atom is 0.403 e. The first-order valence-corrected chi connectivity index (χ1v) is 12.0. The van der Waals surface area contributed by atoms with Crippen LogP contribution >= 0.6 is 7.75 Å². The summed E-state index contributed by atoms with van der Waals surface area (Å²) in [5.41, 5.74) is 0.719. The summed E-state index contributed by atoms with van der Waals surface area (Å²) in [4.78, 5) is 34.6. The van der Waals surface area contributed by atoms with Crippen LogP contribution in [0, 0.1) is 11.3 Å². The molecule has 15 heteroatoms. The predicted molar refractivity (Wildman–Crippen MR) is 119 cm³/mol. The zero-order valence-electron chi connectivity index (χ0n) is 18.1. The number of aliphatic hydroxyl groups is 1. The summed E-state index contributed by atoms with van der Waals surface area (Å²) in [6, 6.07) is 10.2. The minimum Gasteiger partial charge on any atom is -0.387 e. The Morgan fingerprint density at radius 3 is 2.83 bits per heavy atom. The van der Waals surface area contributed by atoms with Crippen molar-refractivity contribution in [3.63, 3.8) is 0 Å². The number of hydrogen-bond acceptors (Lipinski definition) is 9. The van der Waals surface area contributed by atoms with Crippen molar-refractivity contribution in [1.82, 2.24) is 24.6 Å². The van der Waals surface area contributed by atoms with Crippen molar-refractivity contribution >= 4 is 30.6 Å². The maximum absolute atomic E-state index is 15.0. The number of halogens is 1. The summed E-state index contributed by atoms with van der Waals surface area (Å²) < 4.78 is 38.5. The Balaban J connectivity index is 1.48. The monoisotopic (exact) mass is 505 g/mol. The van der Waals surface area contributed by atoms with Crippen LogP contribution in [0.1, 0.15) is 23.0 Å². The molecule has 0 aliphatic carbocycles. The number of nitrogens with zero attached hydrogens (tertiary/aromatic N) is 5. The average molecular weight is 505 g/mol. The van der Waals surface area contributed by atoms with Gasteiger partial charge in [0.15, 0.2) is 29.4 Å². The molecule has 5 atom stereocenters. The van der Waals surface area contributed by atoms with Gasteiger partial charge in [0.2, 0.25) is 0 Å². The van der Waals surface area contributed by atoms with Crippen molar-refractivity contribution in [2.45, 2.75) is 31.0 Å². The van der Waals surface area contributed by atoms with E-state index in [1.807, 2.05) is 0 Å². The Morgan fingerprint density at radius 1 is 1.31 bits per heavy atom. The number of rotatable bonds is 9. The predicted octanol–water partition coefficient (Wildman–Crippen LogP) is 1.30. The molecular weight excluding hydrogens is 484 g/mol. The highest BCUT2D eigenvalue weighted by Crippen LogP contribution is 2.39. The lowest BCUT2D eigenvalue weighted by molar-refractivity contribution is -0.0202. The van der Waals surface area contributed by atoms with Gasteiger partial charge in [-0.2, -0.15) is 5.26 Å². The lowest BCUT2D eigenvalue weighted by Gasteiger charge is -2.18. The second kappa shape index (κ2) is 10.5. The van der Waals surface area contributed by atoms with Gasteiger partial charge in [-0.1, -0.05) is 18.2 Å². The number of anilines is 1. The van der Waals surface area contributed by atoms with Crippen LogP contribution in [0.3, 0.4) is 0 Å². The van der Waals surface area contributed by atoms with Gasteiger partial charge in [0, 0.05) is 12.1 Å². The fraction of sp³-hybridized carbons (Fsp3) is 0.350. The SMILES string of the molecule is N#CCCOP(=O)(O)NC[C@H]1O[C@@H](n2cnc3c(NC(=O)c4ccccc4)ncnc32)[C@H](F)[C@@H]1O. The molecule has 1 fully saturated rings. The van der Waals surface area contributed by atoms with Crippen LogP contribution in [-0.4, -0.2) is 67.0 Å². The van der Waals surface area contributed by atoms with Gasteiger partial charge in [-0.25, -0.2) is 29.0 Å². The molecule has 184 valence electrons. The molecular formula is C20H21FN7O6P. The third-order valence-electron chi connectivity index (χ3n) is 5.17. The highest BCUT2D eigenvalue weighted by molar-refractivity contribution is 7.50. The van der Waals surface area contributed by atoms with Gasteiger partial charge in [-0.05, 0) is 12.1 Å². The summed E-state index contributed by atoms with van der Waals surface area (Å²) in [6.45, 7) is -0.679. The van der Waals surface area contributed by atoms with E-state index in [0.29, 0.717) is 5.56 Å². The molecule has 4 rings (SSSR count). The Bertz CT molecular complexity index is 1290. The number of benzene rings is 1. The number of aromatic nitrogens is 4. The first kappa shape index (κ1) is 24.8. The summed E-state index contributed by atoms with van der Waals surface area (Å²) in [5, 5.41) is 23.6. The first-order chi connectivity index (χ1) is 16.8. The molecule has 2 aromatic heterocycles. The summed E-state index contributed by atoms with van der Waals surface area (Å²) in [7, 11) is -4.28. The standard InChI is InChI=1S/C20H21FN7O6P/c21-14-16(29)13(9-26-35(31,32)33-8-4-7-22)34-20(14)28-11-25-15-17(23-10-24-18(15)28)27-19(30)12-5-2-1-3-6-12/h1-3,5-6,10-11,13-14,16,20,29H,4,8-9H2,(H2,26,31,32)(H,23,24,27,30)/t13-,14-,16-,20-/m1/s1. The molecule has 1 amide bonds. The number of hydrogen-bond donors (Lipinski definition) is 4.